The zero-order valence-corrected chi connectivity index (χ0v) is 14.3. The summed E-state index contributed by atoms with van der Waals surface area (Å²) in [7, 11) is 1.78. The van der Waals surface area contributed by atoms with E-state index in [4.69, 9.17) is 16.3 Å². The molecule has 0 amide bonds. The summed E-state index contributed by atoms with van der Waals surface area (Å²) in [5.41, 5.74) is 3.00. The zero-order valence-electron chi connectivity index (χ0n) is 13.5. The fraction of sp³-hybridized carbons (Fsp3) is 0.333. The van der Waals surface area contributed by atoms with E-state index in [1.165, 1.54) is 0 Å². The topological polar surface area (TPSA) is 54.0 Å². The first-order valence-electron chi connectivity index (χ1n) is 8.12. The molecule has 0 spiro atoms. The summed E-state index contributed by atoms with van der Waals surface area (Å²) in [6.07, 6.45) is 5.98. The molecule has 1 aromatic carbocycles. The summed E-state index contributed by atoms with van der Waals surface area (Å²) in [6, 6.07) is 7.87. The molecule has 1 fully saturated rings. The number of aromatic amines is 1. The van der Waals surface area contributed by atoms with Gasteiger partial charge in [0.2, 0.25) is 0 Å². The molecule has 6 heteroatoms. The number of benzene rings is 1. The van der Waals surface area contributed by atoms with Gasteiger partial charge in [-0.2, -0.15) is 0 Å². The lowest BCUT2D eigenvalue weighted by molar-refractivity contribution is 0.0818. The molecule has 3 heterocycles. The van der Waals surface area contributed by atoms with Crippen molar-refractivity contribution in [2.24, 2.45) is 0 Å². The average molecular weight is 343 g/mol. The number of ether oxygens (including phenoxy) is 1. The number of anilines is 1. The lowest BCUT2D eigenvalue weighted by Gasteiger charge is -2.32. The van der Waals surface area contributed by atoms with Crippen molar-refractivity contribution in [2.75, 3.05) is 25.1 Å². The van der Waals surface area contributed by atoms with Gasteiger partial charge in [-0.3, -0.25) is 0 Å². The first kappa shape index (κ1) is 15.4. The summed E-state index contributed by atoms with van der Waals surface area (Å²) in [5, 5.41) is 1.77. The number of hydrogen-bond acceptors (Lipinski definition) is 4. The first-order valence-corrected chi connectivity index (χ1v) is 8.50. The number of nitrogens with zero attached hydrogens (tertiary/aromatic N) is 3. The van der Waals surface area contributed by atoms with E-state index in [1.54, 1.807) is 13.4 Å². The molecule has 1 N–H and O–H groups in total. The van der Waals surface area contributed by atoms with Crippen LogP contribution in [0.5, 0.6) is 0 Å². The van der Waals surface area contributed by atoms with Gasteiger partial charge < -0.3 is 14.6 Å². The SMILES string of the molecule is COC1CCN(c2ncnc3[nH]cc(-c4cccc(Cl)c4)c23)CC1. The molecule has 1 aliphatic rings. The summed E-state index contributed by atoms with van der Waals surface area (Å²) in [5.74, 6) is 0.978. The van der Waals surface area contributed by atoms with E-state index in [2.05, 4.69) is 25.9 Å². The molecule has 1 saturated heterocycles. The lowest BCUT2D eigenvalue weighted by Crippen LogP contribution is -2.37. The normalized spacial score (nSPS) is 16.0. The number of fused-ring (bicyclic) bond motifs is 1. The summed E-state index contributed by atoms with van der Waals surface area (Å²) >= 11 is 6.17. The Morgan fingerprint density at radius 1 is 1.25 bits per heavy atom. The van der Waals surface area contributed by atoms with Gasteiger partial charge in [-0.1, -0.05) is 23.7 Å². The van der Waals surface area contributed by atoms with Crippen LogP contribution in [0.2, 0.25) is 5.02 Å². The Morgan fingerprint density at radius 3 is 2.83 bits per heavy atom. The number of halogens is 1. The Bertz CT molecular complexity index is 855. The van der Waals surface area contributed by atoms with Crippen molar-refractivity contribution in [3.8, 4) is 11.1 Å². The average Bonchev–Trinajstić information content (AvgIpc) is 3.06. The summed E-state index contributed by atoms with van der Waals surface area (Å²) in [6.45, 7) is 1.87. The molecule has 4 rings (SSSR count). The minimum absolute atomic E-state index is 0.345. The zero-order chi connectivity index (χ0) is 16.5. The molecular formula is C18H19ClN4O. The highest BCUT2D eigenvalue weighted by Crippen LogP contribution is 2.35. The van der Waals surface area contributed by atoms with Crippen LogP contribution in [0.15, 0.2) is 36.8 Å². The minimum Gasteiger partial charge on any atom is -0.381 e. The van der Waals surface area contributed by atoms with Gasteiger partial charge in [0.15, 0.2) is 0 Å². The minimum atomic E-state index is 0.345. The number of piperidine rings is 1. The highest BCUT2D eigenvalue weighted by Gasteiger charge is 2.23. The lowest BCUT2D eigenvalue weighted by atomic mass is 10.0. The number of aromatic nitrogens is 3. The first-order chi connectivity index (χ1) is 11.8. The number of hydrogen-bond donors (Lipinski definition) is 1. The predicted molar refractivity (Wildman–Crippen MR) is 96.6 cm³/mol. The second kappa shape index (κ2) is 6.42. The Balaban J connectivity index is 1.78. The number of H-pyrrole nitrogens is 1. The Hall–Kier alpha value is -2.11. The van der Waals surface area contributed by atoms with Crippen molar-refractivity contribution in [3.63, 3.8) is 0 Å². The fourth-order valence-corrected chi connectivity index (χ4v) is 3.56. The molecular weight excluding hydrogens is 324 g/mol. The second-order valence-electron chi connectivity index (χ2n) is 6.06. The van der Waals surface area contributed by atoms with E-state index >= 15 is 0 Å². The molecule has 0 atom stereocenters. The molecule has 0 aliphatic carbocycles. The largest absolute Gasteiger partial charge is 0.381 e. The van der Waals surface area contributed by atoms with E-state index in [-0.39, 0.29) is 0 Å². The molecule has 0 unspecified atom stereocenters. The van der Waals surface area contributed by atoms with Gasteiger partial charge in [-0.15, -0.1) is 0 Å². The molecule has 24 heavy (non-hydrogen) atoms. The van der Waals surface area contributed by atoms with Crippen molar-refractivity contribution >= 4 is 28.5 Å². The second-order valence-corrected chi connectivity index (χ2v) is 6.49. The number of rotatable bonds is 3. The van der Waals surface area contributed by atoms with Crippen LogP contribution in [-0.2, 0) is 4.74 Å². The van der Waals surface area contributed by atoms with Crippen molar-refractivity contribution in [3.05, 3.63) is 41.8 Å². The van der Waals surface area contributed by atoms with Gasteiger partial charge in [0.05, 0.1) is 11.5 Å². The highest BCUT2D eigenvalue weighted by atomic mass is 35.5. The molecule has 1 aliphatic heterocycles. The molecule has 2 aromatic heterocycles. The molecule has 0 bridgehead atoms. The summed E-state index contributed by atoms with van der Waals surface area (Å²) < 4.78 is 5.47. The van der Waals surface area contributed by atoms with Gasteiger partial charge in [0, 0.05) is 37.0 Å². The smallest absolute Gasteiger partial charge is 0.143 e. The van der Waals surface area contributed by atoms with Crippen molar-refractivity contribution in [1.29, 1.82) is 0 Å². The van der Waals surface area contributed by atoms with Gasteiger partial charge in [0.25, 0.3) is 0 Å². The maximum atomic E-state index is 6.17. The van der Waals surface area contributed by atoms with Crippen LogP contribution in [0, 0.1) is 0 Å². The van der Waals surface area contributed by atoms with Gasteiger partial charge in [-0.05, 0) is 30.5 Å². The van der Waals surface area contributed by atoms with Gasteiger partial charge in [0.1, 0.15) is 17.8 Å². The molecule has 0 saturated carbocycles. The fourth-order valence-electron chi connectivity index (χ4n) is 3.37. The van der Waals surface area contributed by atoms with Crippen molar-refractivity contribution in [1.82, 2.24) is 15.0 Å². The molecule has 124 valence electrons. The van der Waals surface area contributed by atoms with Crippen LogP contribution in [0.25, 0.3) is 22.2 Å². The number of nitrogens with one attached hydrogen (secondary N) is 1. The van der Waals surface area contributed by atoms with Crippen LogP contribution in [0.3, 0.4) is 0 Å². The van der Waals surface area contributed by atoms with Crippen LogP contribution in [-0.4, -0.2) is 41.3 Å². The summed E-state index contributed by atoms with van der Waals surface area (Å²) in [4.78, 5) is 14.5. The maximum Gasteiger partial charge on any atom is 0.143 e. The van der Waals surface area contributed by atoms with Gasteiger partial charge >= 0.3 is 0 Å². The third kappa shape index (κ3) is 2.74. The quantitative estimate of drug-likeness (QED) is 0.784. The van der Waals surface area contributed by atoms with Gasteiger partial charge in [-0.25, -0.2) is 9.97 Å². The van der Waals surface area contributed by atoms with E-state index < -0.39 is 0 Å². The maximum absolute atomic E-state index is 6.17. The highest BCUT2D eigenvalue weighted by molar-refractivity contribution is 6.31. The molecule has 5 nitrogen and oxygen atoms in total. The molecule has 3 aromatic rings. The van der Waals surface area contributed by atoms with Crippen molar-refractivity contribution in [2.45, 2.75) is 18.9 Å². The molecule has 0 radical (unpaired) electrons. The van der Waals surface area contributed by atoms with Crippen molar-refractivity contribution < 1.29 is 4.74 Å². The van der Waals surface area contributed by atoms with Crippen LogP contribution in [0.4, 0.5) is 5.82 Å². The predicted octanol–water partition coefficient (Wildman–Crippen LogP) is 3.89. The van der Waals surface area contributed by atoms with Crippen LogP contribution in [0.1, 0.15) is 12.8 Å². The van der Waals surface area contributed by atoms with E-state index in [9.17, 15) is 0 Å². The van der Waals surface area contributed by atoms with Crippen LogP contribution >= 0.6 is 11.6 Å². The monoisotopic (exact) mass is 342 g/mol. The van der Waals surface area contributed by atoms with Crippen LogP contribution < -0.4 is 4.90 Å². The third-order valence-corrected chi connectivity index (χ3v) is 4.90. The van der Waals surface area contributed by atoms with E-state index in [1.807, 2.05) is 24.4 Å². The Kier molecular flexibility index (Phi) is 4.12. The third-order valence-electron chi connectivity index (χ3n) is 4.66. The standard InChI is InChI=1S/C18H19ClN4O/c1-24-14-5-7-23(8-6-14)18-16-15(10-20-17(16)21-11-22-18)12-3-2-4-13(19)9-12/h2-4,9-11,14H,5-8H2,1H3,(H,20,21,22). The Labute approximate surface area is 145 Å². The van der Waals surface area contributed by atoms with E-state index in [0.29, 0.717) is 6.10 Å². The number of methoxy groups -OCH3 is 1. The van der Waals surface area contributed by atoms with E-state index in [0.717, 1.165) is 58.9 Å². The Morgan fingerprint density at radius 2 is 2.08 bits per heavy atom.